The minimum atomic E-state index is -2.84. The molecule has 1 amide bonds. The molecule has 0 heterocycles. The lowest BCUT2D eigenvalue weighted by atomic mass is 10.3. The summed E-state index contributed by atoms with van der Waals surface area (Å²) >= 11 is 0. The molecule has 0 saturated heterocycles. The van der Waals surface area contributed by atoms with E-state index in [4.69, 9.17) is 0 Å². The van der Waals surface area contributed by atoms with E-state index in [9.17, 15) is 13.6 Å². The van der Waals surface area contributed by atoms with Gasteiger partial charge >= 0.3 is 6.61 Å². The summed E-state index contributed by atoms with van der Waals surface area (Å²) in [6, 6.07) is 6.28. The number of hydrogen-bond donors (Lipinski definition) is 2. The molecule has 1 fully saturated rings. The van der Waals surface area contributed by atoms with Crippen LogP contribution in [0.2, 0.25) is 0 Å². The molecule has 1 saturated carbocycles. The van der Waals surface area contributed by atoms with Crippen molar-refractivity contribution in [2.75, 3.05) is 11.9 Å². The SMILES string of the molecule is O=C(CNC1CC1)Nc1ccc(OC(F)F)cc1. The van der Waals surface area contributed by atoms with Gasteiger partial charge in [0.1, 0.15) is 5.75 Å². The van der Waals surface area contributed by atoms with E-state index in [0.29, 0.717) is 11.7 Å². The van der Waals surface area contributed by atoms with Crippen molar-refractivity contribution < 1.29 is 18.3 Å². The fraction of sp³-hybridized carbons (Fsp3) is 0.417. The van der Waals surface area contributed by atoms with Gasteiger partial charge in [0.2, 0.25) is 5.91 Å². The summed E-state index contributed by atoms with van der Waals surface area (Å²) in [7, 11) is 0. The number of anilines is 1. The van der Waals surface area contributed by atoms with Gasteiger partial charge in [-0.25, -0.2) is 0 Å². The smallest absolute Gasteiger partial charge is 0.387 e. The standard InChI is InChI=1S/C12H14F2N2O2/c13-12(14)18-10-5-3-9(4-6-10)16-11(17)7-15-8-1-2-8/h3-6,8,12,15H,1-2,7H2,(H,16,17). The highest BCUT2D eigenvalue weighted by Crippen LogP contribution is 2.19. The van der Waals surface area contributed by atoms with E-state index in [2.05, 4.69) is 15.4 Å². The van der Waals surface area contributed by atoms with Crippen molar-refractivity contribution in [3.8, 4) is 5.75 Å². The second kappa shape index (κ2) is 5.77. The third-order valence-electron chi connectivity index (χ3n) is 2.49. The maximum absolute atomic E-state index is 11.9. The molecule has 2 N–H and O–H groups in total. The lowest BCUT2D eigenvalue weighted by Crippen LogP contribution is -2.29. The number of carbonyl (C=O) groups excluding carboxylic acids is 1. The van der Waals surface area contributed by atoms with Crippen molar-refractivity contribution in [3.05, 3.63) is 24.3 Å². The fourth-order valence-corrected chi connectivity index (χ4v) is 1.45. The summed E-state index contributed by atoms with van der Waals surface area (Å²) in [4.78, 5) is 11.5. The third kappa shape index (κ3) is 4.29. The first kappa shape index (κ1) is 12.8. The number of halogens is 2. The van der Waals surface area contributed by atoms with Gasteiger partial charge < -0.3 is 15.4 Å². The van der Waals surface area contributed by atoms with Crippen LogP contribution in [0.4, 0.5) is 14.5 Å². The first-order chi connectivity index (χ1) is 8.63. The average molecular weight is 256 g/mol. The van der Waals surface area contributed by atoms with Crippen LogP contribution in [0, 0.1) is 0 Å². The lowest BCUT2D eigenvalue weighted by Gasteiger charge is -2.07. The Kier molecular flexibility index (Phi) is 4.09. The van der Waals surface area contributed by atoms with E-state index in [0.717, 1.165) is 12.8 Å². The number of hydrogen-bond acceptors (Lipinski definition) is 3. The van der Waals surface area contributed by atoms with E-state index >= 15 is 0 Å². The summed E-state index contributed by atoms with van der Waals surface area (Å²) in [6.07, 6.45) is 2.24. The second-order valence-electron chi connectivity index (χ2n) is 4.11. The topological polar surface area (TPSA) is 50.4 Å². The van der Waals surface area contributed by atoms with E-state index < -0.39 is 6.61 Å². The van der Waals surface area contributed by atoms with Crippen LogP contribution in [-0.2, 0) is 4.79 Å². The van der Waals surface area contributed by atoms with Crippen molar-refractivity contribution in [2.45, 2.75) is 25.5 Å². The molecule has 1 aliphatic carbocycles. The fourth-order valence-electron chi connectivity index (χ4n) is 1.45. The van der Waals surface area contributed by atoms with Gasteiger partial charge in [-0.15, -0.1) is 0 Å². The van der Waals surface area contributed by atoms with Gasteiger partial charge in [-0.3, -0.25) is 4.79 Å². The number of nitrogens with one attached hydrogen (secondary N) is 2. The molecule has 0 atom stereocenters. The molecule has 1 aromatic carbocycles. The molecule has 0 spiro atoms. The van der Waals surface area contributed by atoms with Gasteiger partial charge in [-0.1, -0.05) is 0 Å². The summed E-state index contributed by atoms with van der Waals surface area (Å²) in [5, 5.41) is 5.74. The highest BCUT2D eigenvalue weighted by molar-refractivity contribution is 5.92. The van der Waals surface area contributed by atoms with Crippen molar-refractivity contribution in [1.29, 1.82) is 0 Å². The van der Waals surface area contributed by atoms with Crippen molar-refractivity contribution in [3.63, 3.8) is 0 Å². The highest BCUT2D eigenvalue weighted by Gasteiger charge is 2.21. The highest BCUT2D eigenvalue weighted by atomic mass is 19.3. The maximum Gasteiger partial charge on any atom is 0.387 e. The molecule has 98 valence electrons. The second-order valence-corrected chi connectivity index (χ2v) is 4.11. The number of alkyl halides is 2. The predicted octanol–water partition coefficient (Wildman–Crippen LogP) is 1.98. The molecule has 1 aromatic rings. The van der Waals surface area contributed by atoms with Gasteiger partial charge in [-0.2, -0.15) is 8.78 Å². The summed E-state index contributed by atoms with van der Waals surface area (Å²) < 4.78 is 28.0. The van der Waals surface area contributed by atoms with Crippen LogP contribution in [0.1, 0.15) is 12.8 Å². The molecule has 4 nitrogen and oxygen atoms in total. The lowest BCUT2D eigenvalue weighted by molar-refractivity contribution is -0.115. The van der Waals surface area contributed by atoms with Gasteiger partial charge in [-0.05, 0) is 37.1 Å². The number of carbonyl (C=O) groups is 1. The zero-order chi connectivity index (χ0) is 13.0. The minimum absolute atomic E-state index is 0.0686. The average Bonchev–Trinajstić information content (AvgIpc) is 3.12. The first-order valence-electron chi connectivity index (χ1n) is 5.71. The van der Waals surface area contributed by atoms with E-state index in [1.807, 2.05) is 0 Å². The Hall–Kier alpha value is -1.69. The van der Waals surface area contributed by atoms with Gasteiger partial charge in [0.25, 0.3) is 0 Å². The van der Waals surface area contributed by atoms with E-state index in [-0.39, 0.29) is 18.2 Å². The Labute approximate surface area is 103 Å². The van der Waals surface area contributed by atoms with Crippen LogP contribution in [-0.4, -0.2) is 25.1 Å². The molecular weight excluding hydrogens is 242 g/mol. The van der Waals surface area contributed by atoms with Crippen LogP contribution >= 0.6 is 0 Å². The Bertz CT molecular complexity index is 405. The zero-order valence-corrected chi connectivity index (χ0v) is 9.66. The van der Waals surface area contributed by atoms with Crippen LogP contribution in [0.3, 0.4) is 0 Å². The van der Waals surface area contributed by atoms with E-state index in [1.54, 1.807) is 0 Å². The molecule has 0 aliphatic heterocycles. The normalized spacial score (nSPS) is 14.6. The third-order valence-corrected chi connectivity index (χ3v) is 2.49. The van der Waals surface area contributed by atoms with Crippen molar-refractivity contribution in [1.82, 2.24) is 5.32 Å². The first-order valence-corrected chi connectivity index (χ1v) is 5.71. The maximum atomic E-state index is 11.9. The predicted molar refractivity (Wildman–Crippen MR) is 62.7 cm³/mol. The number of rotatable bonds is 6. The van der Waals surface area contributed by atoms with Crippen molar-refractivity contribution in [2.24, 2.45) is 0 Å². The summed E-state index contributed by atoms with van der Waals surface area (Å²) in [5.41, 5.74) is 0.555. The van der Waals surface area contributed by atoms with Gasteiger partial charge in [0.15, 0.2) is 0 Å². The number of ether oxygens (including phenoxy) is 1. The van der Waals surface area contributed by atoms with Crippen LogP contribution in [0.25, 0.3) is 0 Å². The quantitative estimate of drug-likeness (QED) is 0.818. The Morgan fingerprint density at radius 2 is 2.00 bits per heavy atom. The van der Waals surface area contributed by atoms with Gasteiger partial charge in [0.05, 0.1) is 6.54 Å². The van der Waals surface area contributed by atoms with E-state index in [1.165, 1.54) is 24.3 Å². The molecule has 0 aromatic heterocycles. The Morgan fingerprint density at radius 3 is 2.56 bits per heavy atom. The van der Waals surface area contributed by atoms with Crippen LogP contribution in [0.5, 0.6) is 5.75 Å². The molecule has 0 unspecified atom stereocenters. The molecule has 6 heteroatoms. The molecule has 0 radical (unpaired) electrons. The zero-order valence-electron chi connectivity index (χ0n) is 9.66. The Balaban J connectivity index is 1.79. The monoisotopic (exact) mass is 256 g/mol. The molecule has 2 rings (SSSR count). The molecule has 18 heavy (non-hydrogen) atoms. The van der Waals surface area contributed by atoms with Crippen LogP contribution in [0.15, 0.2) is 24.3 Å². The largest absolute Gasteiger partial charge is 0.435 e. The van der Waals surface area contributed by atoms with Crippen LogP contribution < -0.4 is 15.4 Å². The minimum Gasteiger partial charge on any atom is -0.435 e. The Morgan fingerprint density at radius 1 is 1.33 bits per heavy atom. The molecule has 1 aliphatic rings. The number of amides is 1. The summed E-state index contributed by atoms with van der Waals surface area (Å²) in [5.74, 6) is -0.0801. The van der Waals surface area contributed by atoms with Crippen molar-refractivity contribution >= 4 is 11.6 Å². The molecular formula is C12H14F2N2O2. The molecule has 0 bridgehead atoms. The van der Waals surface area contributed by atoms with Gasteiger partial charge in [0, 0.05) is 11.7 Å². The number of benzene rings is 1. The summed E-state index contributed by atoms with van der Waals surface area (Å²) in [6.45, 7) is -2.58.